The second-order valence-corrected chi connectivity index (χ2v) is 6.25. The molecule has 0 saturated carbocycles. The smallest absolute Gasteiger partial charge is 0.244 e. The zero-order valence-electron chi connectivity index (χ0n) is 12.4. The molecular formula is C14H24N2O3S. The third kappa shape index (κ3) is 4.77. The maximum Gasteiger partial charge on any atom is 0.244 e. The van der Waals surface area contributed by atoms with Crippen LogP contribution >= 0.6 is 0 Å². The molecule has 1 rings (SSSR count). The van der Waals surface area contributed by atoms with Gasteiger partial charge in [-0.25, -0.2) is 13.1 Å². The van der Waals surface area contributed by atoms with E-state index in [0.29, 0.717) is 18.8 Å². The average Bonchev–Trinajstić information content (AvgIpc) is 2.44. The molecule has 0 unspecified atom stereocenters. The number of benzene rings is 1. The van der Waals surface area contributed by atoms with Crippen molar-refractivity contribution in [1.29, 1.82) is 0 Å². The van der Waals surface area contributed by atoms with Gasteiger partial charge in [0.05, 0.1) is 7.11 Å². The van der Waals surface area contributed by atoms with Crippen LogP contribution in [0.25, 0.3) is 0 Å². The van der Waals surface area contributed by atoms with E-state index in [9.17, 15) is 8.42 Å². The van der Waals surface area contributed by atoms with Crippen LogP contribution in [0.3, 0.4) is 0 Å². The first-order valence-corrected chi connectivity index (χ1v) is 8.40. The van der Waals surface area contributed by atoms with Crippen molar-refractivity contribution in [3.05, 3.63) is 23.8 Å². The van der Waals surface area contributed by atoms with Crippen LogP contribution in [0, 0.1) is 0 Å². The molecule has 0 aromatic heterocycles. The van der Waals surface area contributed by atoms with Gasteiger partial charge in [0.2, 0.25) is 10.0 Å². The number of nitrogens with one attached hydrogen (secondary N) is 2. The molecule has 0 bridgehead atoms. The van der Waals surface area contributed by atoms with Crippen LogP contribution in [-0.2, 0) is 16.6 Å². The van der Waals surface area contributed by atoms with Gasteiger partial charge in [-0.1, -0.05) is 26.3 Å². The Labute approximate surface area is 121 Å². The molecule has 6 heteroatoms. The highest BCUT2D eigenvalue weighted by Gasteiger charge is 2.19. The van der Waals surface area contributed by atoms with Gasteiger partial charge in [0.1, 0.15) is 10.6 Å². The summed E-state index contributed by atoms with van der Waals surface area (Å²) in [4.78, 5) is 0.191. The number of methoxy groups -OCH3 is 1. The van der Waals surface area contributed by atoms with Gasteiger partial charge in [-0.15, -0.1) is 0 Å². The quantitative estimate of drug-likeness (QED) is 0.683. The SMILES string of the molecule is CCCCNS(=O)(=O)c1ccc(CNCC)cc1OC. The molecular weight excluding hydrogens is 276 g/mol. The highest BCUT2D eigenvalue weighted by atomic mass is 32.2. The zero-order valence-corrected chi connectivity index (χ0v) is 13.2. The molecule has 114 valence electrons. The molecule has 1 aromatic rings. The summed E-state index contributed by atoms with van der Waals surface area (Å²) >= 11 is 0. The molecule has 0 atom stereocenters. The fraction of sp³-hybridized carbons (Fsp3) is 0.571. The number of rotatable bonds is 9. The molecule has 0 amide bonds. The Bertz CT molecular complexity index is 515. The lowest BCUT2D eigenvalue weighted by molar-refractivity contribution is 0.401. The van der Waals surface area contributed by atoms with E-state index >= 15 is 0 Å². The van der Waals surface area contributed by atoms with E-state index in [1.807, 2.05) is 13.8 Å². The average molecular weight is 300 g/mol. The fourth-order valence-corrected chi connectivity index (χ4v) is 3.00. The van der Waals surface area contributed by atoms with Gasteiger partial charge in [-0.3, -0.25) is 0 Å². The Balaban J connectivity index is 2.93. The van der Waals surface area contributed by atoms with Gasteiger partial charge in [0, 0.05) is 13.1 Å². The molecule has 0 fully saturated rings. The third-order valence-corrected chi connectivity index (χ3v) is 4.42. The Kier molecular flexibility index (Phi) is 6.98. The summed E-state index contributed by atoms with van der Waals surface area (Å²) in [7, 11) is -2.02. The molecule has 0 spiro atoms. The van der Waals surface area contributed by atoms with Crippen molar-refractivity contribution in [2.75, 3.05) is 20.2 Å². The first-order valence-electron chi connectivity index (χ1n) is 6.92. The van der Waals surface area contributed by atoms with Crippen molar-refractivity contribution in [2.45, 2.75) is 38.1 Å². The van der Waals surface area contributed by atoms with Gasteiger partial charge >= 0.3 is 0 Å². The summed E-state index contributed by atoms with van der Waals surface area (Å²) < 4.78 is 32.2. The van der Waals surface area contributed by atoms with Crippen LogP contribution in [0.15, 0.2) is 23.1 Å². The van der Waals surface area contributed by atoms with Crippen molar-refractivity contribution >= 4 is 10.0 Å². The molecule has 0 heterocycles. The minimum absolute atomic E-state index is 0.191. The second kappa shape index (κ2) is 8.24. The molecule has 0 aliphatic carbocycles. The first kappa shape index (κ1) is 16.9. The Hall–Kier alpha value is -1.11. The minimum atomic E-state index is -3.51. The molecule has 0 radical (unpaired) electrons. The van der Waals surface area contributed by atoms with Gasteiger partial charge in [-0.05, 0) is 30.7 Å². The maximum absolute atomic E-state index is 12.2. The predicted octanol–water partition coefficient (Wildman–Crippen LogP) is 1.88. The lowest BCUT2D eigenvalue weighted by atomic mass is 10.2. The Morgan fingerprint density at radius 1 is 1.25 bits per heavy atom. The van der Waals surface area contributed by atoms with Crippen LogP contribution < -0.4 is 14.8 Å². The summed E-state index contributed by atoms with van der Waals surface area (Å²) in [6.45, 7) is 6.04. The van der Waals surface area contributed by atoms with Gasteiger partial charge < -0.3 is 10.1 Å². The monoisotopic (exact) mass is 300 g/mol. The topological polar surface area (TPSA) is 67.4 Å². The van der Waals surface area contributed by atoms with E-state index < -0.39 is 10.0 Å². The van der Waals surface area contributed by atoms with Gasteiger partial charge in [0.15, 0.2) is 0 Å². The zero-order chi connectivity index (χ0) is 15.0. The van der Waals surface area contributed by atoms with Crippen molar-refractivity contribution in [3.63, 3.8) is 0 Å². The van der Waals surface area contributed by atoms with E-state index in [0.717, 1.165) is 24.9 Å². The molecule has 0 aliphatic heterocycles. The van der Waals surface area contributed by atoms with Crippen LogP contribution in [0.5, 0.6) is 5.75 Å². The van der Waals surface area contributed by atoms with Crippen molar-refractivity contribution in [1.82, 2.24) is 10.0 Å². The molecule has 5 nitrogen and oxygen atoms in total. The van der Waals surface area contributed by atoms with Crippen LogP contribution in [0.1, 0.15) is 32.3 Å². The van der Waals surface area contributed by atoms with E-state index in [1.54, 1.807) is 18.2 Å². The second-order valence-electron chi connectivity index (χ2n) is 4.52. The van der Waals surface area contributed by atoms with Crippen LogP contribution in [-0.4, -0.2) is 28.6 Å². The largest absolute Gasteiger partial charge is 0.495 e. The number of hydrogen-bond donors (Lipinski definition) is 2. The third-order valence-electron chi connectivity index (χ3n) is 2.92. The Morgan fingerprint density at radius 2 is 2.00 bits per heavy atom. The van der Waals surface area contributed by atoms with E-state index in [-0.39, 0.29) is 4.90 Å². The standard InChI is InChI=1S/C14H24N2O3S/c1-4-6-9-16-20(17,18)14-8-7-12(11-15-5-2)10-13(14)19-3/h7-8,10,15-16H,4-6,9,11H2,1-3H3. The summed E-state index contributed by atoms with van der Waals surface area (Å²) in [5, 5.41) is 3.20. The van der Waals surface area contributed by atoms with E-state index in [1.165, 1.54) is 7.11 Å². The number of ether oxygens (including phenoxy) is 1. The van der Waals surface area contributed by atoms with E-state index in [2.05, 4.69) is 10.0 Å². The van der Waals surface area contributed by atoms with Gasteiger partial charge in [0.25, 0.3) is 0 Å². The first-order chi connectivity index (χ1) is 9.55. The van der Waals surface area contributed by atoms with Crippen molar-refractivity contribution < 1.29 is 13.2 Å². The summed E-state index contributed by atoms with van der Waals surface area (Å²) in [6.07, 6.45) is 1.77. The summed E-state index contributed by atoms with van der Waals surface area (Å²) in [5.74, 6) is 0.379. The molecule has 0 saturated heterocycles. The molecule has 0 aliphatic rings. The normalized spacial score (nSPS) is 11.6. The summed E-state index contributed by atoms with van der Waals surface area (Å²) in [5.41, 5.74) is 0.996. The highest BCUT2D eigenvalue weighted by molar-refractivity contribution is 7.89. The van der Waals surface area contributed by atoms with Crippen molar-refractivity contribution in [3.8, 4) is 5.75 Å². The molecule has 1 aromatic carbocycles. The predicted molar refractivity (Wildman–Crippen MR) is 80.5 cm³/mol. The summed E-state index contributed by atoms with van der Waals surface area (Å²) in [6, 6.07) is 5.16. The Morgan fingerprint density at radius 3 is 2.60 bits per heavy atom. The lowest BCUT2D eigenvalue weighted by Gasteiger charge is -2.12. The van der Waals surface area contributed by atoms with Crippen LogP contribution in [0.4, 0.5) is 0 Å². The fourth-order valence-electron chi connectivity index (χ4n) is 1.77. The molecule has 2 N–H and O–H groups in total. The van der Waals surface area contributed by atoms with Gasteiger partial charge in [-0.2, -0.15) is 0 Å². The van der Waals surface area contributed by atoms with E-state index in [4.69, 9.17) is 4.74 Å². The molecule has 20 heavy (non-hydrogen) atoms. The maximum atomic E-state index is 12.2. The van der Waals surface area contributed by atoms with Crippen molar-refractivity contribution in [2.24, 2.45) is 0 Å². The van der Waals surface area contributed by atoms with Crippen LogP contribution in [0.2, 0.25) is 0 Å². The number of unbranched alkanes of at least 4 members (excludes halogenated alkanes) is 1. The lowest BCUT2D eigenvalue weighted by Crippen LogP contribution is -2.25. The minimum Gasteiger partial charge on any atom is -0.495 e. The highest BCUT2D eigenvalue weighted by Crippen LogP contribution is 2.24. The number of hydrogen-bond acceptors (Lipinski definition) is 4. The number of sulfonamides is 1.